The van der Waals surface area contributed by atoms with Gasteiger partial charge in [-0.3, -0.25) is 9.59 Å². The highest BCUT2D eigenvalue weighted by Crippen LogP contribution is 2.29. The van der Waals surface area contributed by atoms with E-state index in [4.69, 9.17) is 10.00 Å². The number of anilines is 1. The van der Waals surface area contributed by atoms with Crippen LogP contribution in [-0.2, 0) is 4.79 Å². The number of nitrogens with one attached hydrogen (secondary N) is 1. The Morgan fingerprint density at radius 2 is 1.88 bits per heavy atom. The molecule has 1 aromatic heterocycles. The lowest BCUT2D eigenvalue weighted by Gasteiger charge is -2.19. The van der Waals surface area contributed by atoms with Crippen LogP contribution in [0.1, 0.15) is 34.2 Å². The summed E-state index contributed by atoms with van der Waals surface area (Å²) in [5.41, 5.74) is 4.58. The Hall–Kier alpha value is -4.25. The van der Waals surface area contributed by atoms with Gasteiger partial charge in [0.05, 0.1) is 29.6 Å². The van der Waals surface area contributed by atoms with Crippen molar-refractivity contribution in [1.82, 2.24) is 15.3 Å². The quantitative estimate of drug-likeness (QED) is 0.561. The third-order valence-electron chi connectivity index (χ3n) is 5.07. The van der Waals surface area contributed by atoms with Gasteiger partial charge >= 0.3 is 0 Å². The van der Waals surface area contributed by atoms with Crippen molar-refractivity contribution in [3.05, 3.63) is 71.2 Å². The van der Waals surface area contributed by atoms with E-state index in [1.807, 2.05) is 44.2 Å². The van der Waals surface area contributed by atoms with Gasteiger partial charge in [-0.25, -0.2) is 9.97 Å². The Morgan fingerprint density at radius 3 is 2.55 bits per heavy atom. The Morgan fingerprint density at radius 1 is 1.15 bits per heavy atom. The first-order valence-corrected chi connectivity index (χ1v) is 10.4. The van der Waals surface area contributed by atoms with E-state index in [0.717, 1.165) is 16.7 Å². The van der Waals surface area contributed by atoms with Gasteiger partial charge in [0.2, 0.25) is 11.7 Å². The topological polar surface area (TPSA) is 108 Å². The molecule has 2 aromatic carbocycles. The number of hydrogen-bond acceptors (Lipinski definition) is 6. The van der Waals surface area contributed by atoms with E-state index in [2.05, 4.69) is 15.3 Å². The predicted molar refractivity (Wildman–Crippen MR) is 125 cm³/mol. The largest absolute Gasteiger partial charge is 0.490 e. The summed E-state index contributed by atoms with van der Waals surface area (Å²) in [4.78, 5) is 34.3. The summed E-state index contributed by atoms with van der Waals surface area (Å²) in [5.74, 6) is -0.133. The second-order valence-corrected chi connectivity index (χ2v) is 7.57. The summed E-state index contributed by atoms with van der Waals surface area (Å²) >= 11 is 0. The Balaban J connectivity index is 1.66. The number of rotatable bonds is 7. The van der Waals surface area contributed by atoms with Crippen molar-refractivity contribution >= 4 is 17.5 Å². The van der Waals surface area contributed by atoms with Crippen molar-refractivity contribution in [2.24, 2.45) is 0 Å². The van der Waals surface area contributed by atoms with E-state index in [1.54, 1.807) is 31.4 Å². The highest BCUT2D eigenvalue weighted by Gasteiger charge is 2.15. The third kappa shape index (κ3) is 5.71. The molecule has 0 spiro atoms. The molecule has 0 saturated carbocycles. The minimum absolute atomic E-state index is 0.0691. The molecule has 0 atom stereocenters. The van der Waals surface area contributed by atoms with Crippen LogP contribution in [0.15, 0.2) is 48.7 Å². The van der Waals surface area contributed by atoms with Crippen molar-refractivity contribution in [2.45, 2.75) is 20.8 Å². The molecule has 3 rings (SSSR count). The molecular formula is C25H25N5O3. The molecule has 8 nitrogen and oxygen atoms in total. The van der Waals surface area contributed by atoms with Gasteiger partial charge in [-0.15, -0.1) is 0 Å². The predicted octanol–water partition coefficient (Wildman–Crippen LogP) is 3.42. The van der Waals surface area contributed by atoms with Crippen LogP contribution >= 0.6 is 0 Å². The first kappa shape index (κ1) is 23.4. The molecule has 0 aliphatic rings. The zero-order valence-corrected chi connectivity index (χ0v) is 19.0. The van der Waals surface area contributed by atoms with E-state index in [9.17, 15) is 9.59 Å². The van der Waals surface area contributed by atoms with Crippen LogP contribution in [0.25, 0.3) is 11.3 Å². The molecule has 33 heavy (non-hydrogen) atoms. The molecule has 168 valence electrons. The number of aryl methyl sites for hydroxylation is 2. The molecule has 0 aliphatic heterocycles. The van der Waals surface area contributed by atoms with Gasteiger partial charge in [-0.2, -0.15) is 5.26 Å². The van der Waals surface area contributed by atoms with Crippen molar-refractivity contribution in [3.63, 3.8) is 0 Å². The number of nitriles is 1. The monoisotopic (exact) mass is 443 g/mol. The van der Waals surface area contributed by atoms with Crippen LogP contribution in [0.3, 0.4) is 0 Å². The fourth-order valence-corrected chi connectivity index (χ4v) is 3.11. The van der Waals surface area contributed by atoms with Crippen molar-refractivity contribution in [1.29, 1.82) is 5.26 Å². The number of carbonyl (C=O) groups is 2. The van der Waals surface area contributed by atoms with Crippen molar-refractivity contribution in [3.8, 4) is 23.1 Å². The number of hydrogen-bond donors (Lipinski definition) is 1. The van der Waals surface area contributed by atoms with Gasteiger partial charge in [0.15, 0.2) is 0 Å². The maximum absolute atomic E-state index is 12.6. The number of aromatic nitrogens is 2. The highest BCUT2D eigenvalue weighted by atomic mass is 16.5. The fraction of sp³-hybridized carbons (Fsp3) is 0.240. The number of ether oxygens (including phenoxy) is 1. The zero-order chi connectivity index (χ0) is 24.0. The second-order valence-electron chi connectivity index (χ2n) is 7.57. The van der Waals surface area contributed by atoms with Crippen LogP contribution < -0.4 is 15.0 Å². The maximum Gasteiger partial charge on any atom is 0.289 e. The lowest BCUT2D eigenvalue weighted by molar-refractivity contribution is -0.116. The normalized spacial score (nSPS) is 10.3. The average molecular weight is 444 g/mol. The van der Waals surface area contributed by atoms with Crippen LogP contribution in [0.2, 0.25) is 0 Å². The SMILES string of the molecule is CC(=O)N(C)c1ccc(C#N)cc1OCCNC(=O)c1ncc(C)c(-c2ccc(C)cc2)n1. The maximum atomic E-state index is 12.6. The van der Waals surface area contributed by atoms with E-state index < -0.39 is 5.91 Å². The molecule has 0 bridgehead atoms. The Kier molecular flexibility index (Phi) is 7.36. The van der Waals surface area contributed by atoms with Crippen LogP contribution in [0.5, 0.6) is 5.75 Å². The van der Waals surface area contributed by atoms with Crippen LogP contribution in [-0.4, -0.2) is 42.0 Å². The molecule has 1 heterocycles. The molecule has 0 unspecified atom stereocenters. The first-order valence-electron chi connectivity index (χ1n) is 10.4. The van der Waals surface area contributed by atoms with E-state index in [0.29, 0.717) is 22.7 Å². The third-order valence-corrected chi connectivity index (χ3v) is 5.07. The summed E-state index contributed by atoms with van der Waals surface area (Å²) < 4.78 is 5.76. The van der Waals surface area contributed by atoms with Gasteiger partial charge in [-0.1, -0.05) is 29.8 Å². The fourth-order valence-electron chi connectivity index (χ4n) is 3.11. The second kappa shape index (κ2) is 10.4. The molecule has 0 fully saturated rings. The zero-order valence-electron chi connectivity index (χ0n) is 19.0. The number of amides is 2. The van der Waals surface area contributed by atoms with E-state index in [-0.39, 0.29) is 24.9 Å². The number of nitrogens with zero attached hydrogens (tertiary/aromatic N) is 4. The molecule has 0 aliphatic carbocycles. The van der Waals surface area contributed by atoms with Gasteiger partial charge < -0.3 is 15.0 Å². The standard InChI is InChI=1S/C25H25N5O3/c1-16-5-8-20(9-6-16)23-17(2)15-28-24(29-23)25(32)27-11-12-33-22-13-19(14-26)7-10-21(22)30(4)18(3)31/h5-10,13,15H,11-12H2,1-4H3,(H,27,32). The summed E-state index contributed by atoms with van der Waals surface area (Å²) in [7, 11) is 1.62. The van der Waals surface area contributed by atoms with Crippen LogP contribution in [0.4, 0.5) is 5.69 Å². The summed E-state index contributed by atoms with van der Waals surface area (Å²) in [6, 6.07) is 14.8. The van der Waals surface area contributed by atoms with Gasteiger partial charge in [0.25, 0.3) is 5.91 Å². The molecular weight excluding hydrogens is 418 g/mol. The van der Waals surface area contributed by atoms with Crippen molar-refractivity contribution < 1.29 is 14.3 Å². The minimum atomic E-state index is -0.418. The summed E-state index contributed by atoms with van der Waals surface area (Å²) in [5, 5.41) is 11.9. The van der Waals surface area contributed by atoms with E-state index in [1.165, 1.54) is 11.8 Å². The van der Waals surface area contributed by atoms with Gasteiger partial charge in [0.1, 0.15) is 12.4 Å². The Bertz CT molecular complexity index is 1220. The lowest BCUT2D eigenvalue weighted by atomic mass is 10.1. The molecule has 2 amide bonds. The Labute approximate surface area is 192 Å². The summed E-state index contributed by atoms with van der Waals surface area (Å²) in [6.45, 7) is 5.67. The average Bonchev–Trinajstić information content (AvgIpc) is 2.82. The van der Waals surface area contributed by atoms with Gasteiger partial charge in [0, 0.05) is 31.8 Å². The number of carbonyl (C=O) groups excluding carboxylic acids is 2. The van der Waals surface area contributed by atoms with Gasteiger partial charge in [-0.05, 0) is 31.5 Å². The highest BCUT2D eigenvalue weighted by molar-refractivity contribution is 5.93. The lowest BCUT2D eigenvalue weighted by Crippen LogP contribution is -2.30. The van der Waals surface area contributed by atoms with E-state index >= 15 is 0 Å². The molecule has 1 N–H and O–H groups in total. The first-order chi connectivity index (χ1) is 15.8. The number of benzene rings is 2. The minimum Gasteiger partial charge on any atom is -0.490 e. The molecule has 0 radical (unpaired) electrons. The molecule has 8 heteroatoms. The van der Waals surface area contributed by atoms with Crippen LogP contribution in [0, 0.1) is 25.2 Å². The summed E-state index contributed by atoms with van der Waals surface area (Å²) in [6.07, 6.45) is 1.63. The molecule has 3 aromatic rings. The van der Waals surface area contributed by atoms with Crippen molar-refractivity contribution in [2.75, 3.05) is 25.1 Å². The molecule has 0 saturated heterocycles. The smallest absolute Gasteiger partial charge is 0.289 e.